The molecule has 1 heterocycles. The number of nitrogens with two attached hydrogens (primary N) is 1. The number of oxime groups is 1. The molecule has 1 unspecified atom stereocenters. The van der Waals surface area contributed by atoms with E-state index in [1.807, 2.05) is 0 Å². The maximum Gasteiger partial charge on any atom is 0.435 e. The fourth-order valence-electron chi connectivity index (χ4n) is 2.04. The zero-order valence-corrected chi connectivity index (χ0v) is 15.0. The lowest BCUT2D eigenvalue weighted by molar-refractivity contribution is -0.148. The first-order valence-corrected chi connectivity index (χ1v) is 7.89. The van der Waals surface area contributed by atoms with Gasteiger partial charge in [-0.25, -0.2) is 4.79 Å². The quantitative estimate of drug-likeness (QED) is 0.359. The number of rotatable bonds is 4. The van der Waals surface area contributed by atoms with Crippen LogP contribution in [0, 0.1) is 6.92 Å². The summed E-state index contributed by atoms with van der Waals surface area (Å²) < 4.78 is 39.0. The average molecular weight is 409 g/mol. The zero-order valence-electron chi connectivity index (χ0n) is 13.5. The number of aryl methyl sites for hydroxylation is 1. The molecule has 0 bridgehead atoms. The second-order valence-corrected chi connectivity index (χ2v) is 6.14. The third-order valence-corrected chi connectivity index (χ3v) is 3.91. The van der Waals surface area contributed by atoms with Crippen LogP contribution in [0.2, 0.25) is 10.0 Å². The maximum absolute atomic E-state index is 12.7. The molecule has 0 saturated heterocycles. The number of hydrogen-bond acceptors (Lipinski definition) is 4. The normalized spacial score (nSPS) is 13.6. The Balaban J connectivity index is 2.15. The number of alkyl halides is 3. The molecular formula is C15H13Cl2F3N4O2. The van der Waals surface area contributed by atoms with Gasteiger partial charge >= 0.3 is 12.1 Å². The predicted octanol–water partition coefficient (Wildman–Crippen LogP) is 3.94. The standard InChI is InChI=1S/C15H13Cl2F3N4O2/c1-7-5-12(15(18,19)20)22-24(7)8(2)14(25)26-23-13(21)10-4-3-9(16)6-11(10)17/h3-6,8H,1-2H3,(H2,21,23). The Kier molecular flexibility index (Phi) is 5.82. The van der Waals surface area contributed by atoms with Crippen LogP contribution in [0.5, 0.6) is 0 Å². The van der Waals surface area contributed by atoms with Gasteiger partial charge < -0.3 is 10.6 Å². The SMILES string of the molecule is Cc1cc(C(F)(F)F)nn1C(C)C(=O)O/N=C(\N)c1ccc(Cl)cc1Cl. The summed E-state index contributed by atoms with van der Waals surface area (Å²) in [5, 5.41) is 7.43. The summed E-state index contributed by atoms with van der Waals surface area (Å²) in [5.74, 6) is -1.14. The molecule has 0 spiro atoms. The van der Waals surface area contributed by atoms with Crippen LogP contribution in [0.25, 0.3) is 0 Å². The van der Waals surface area contributed by atoms with E-state index in [4.69, 9.17) is 33.8 Å². The van der Waals surface area contributed by atoms with Crippen molar-refractivity contribution in [2.75, 3.05) is 0 Å². The lowest BCUT2D eigenvalue weighted by Gasteiger charge is -2.11. The van der Waals surface area contributed by atoms with Crippen molar-refractivity contribution >= 4 is 35.0 Å². The third kappa shape index (κ3) is 4.47. The number of halogens is 5. The van der Waals surface area contributed by atoms with Gasteiger partial charge in [-0.05, 0) is 38.1 Å². The summed E-state index contributed by atoms with van der Waals surface area (Å²) >= 11 is 11.7. The molecule has 0 radical (unpaired) electrons. The Labute approximate surface area is 156 Å². The predicted molar refractivity (Wildman–Crippen MR) is 90.0 cm³/mol. The minimum Gasteiger partial charge on any atom is -0.380 e. The Morgan fingerprint density at radius 3 is 2.54 bits per heavy atom. The summed E-state index contributed by atoms with van der Waals surface area (Å²) in [4.78, 5) is 16.7. The van der Waals surface area contributed by atoms with Crippen molar-refractivity contribution in [2.45, 2.75) is 26.1 Å². The van der Waals surface area contributed by atoms with Gasteiger partial charge in [0.2, 0.25) is 0 Å². The molecule has 0 aliphatic rings. The molecule has 2 aromatic rings. The summed E-state index contributed by atoms with van der Waals surface area (Å²) in [5.41, 5.74) is 5.01. The minimum absolute atomic E-state index is 0.138. The molecule has 0 saturated carbocycles. The Morgan fingerprint density at radius 2 is 2.00 bits per heavy atom. The monoisotopic (exact) mass is 408 g/mol. The van der Waals surface area contributed by atoms with E-state index in [-0.39, 0.29) is 22.1 Å². The fourth-order valence-corrected chi connectivity index (χ4v) is 2.54. The fraction of sp³-hybridized carbons (Fsp3) is 0.267. The summed E-state index contributed by atoms with van der Waals surface area (Å²) in [6, 6.07) is 4.10. The maximum atomic E-state index is 12.7. The molecule has 1 aromatic carbocycles. The first-order chi connectivity index (χ1) is 12.0. The number of hydrogen-bond donors (Lipinski definition) is 1. The van der Waals surface area contributed by atoms with Crippen molar-refractivity contribution in [1.29, 1.82) is 0 Å². The van der Waals surface area contributed by atoms with E-state index in [9.17, 15) is 18.0 Å². The Morgan fingerprint density at radius 1 is 1.35 bits per heavy atom. The van der Waals surface area contributed by atoms with Gasteiger partial charge in [-0.3, -0.25) is 4.68 Å². The number of amidine groups is 1. The molecule has 2 rings (SSSR count). The number of carbonyl (C=O) groups is 1. The number of aromatic nitrogens is 2. The van der Waals surface area contributed by atoms with E-state index in [0.29, 0.717) is 5.02 Å². The van der Waals surface area contributed by atoms with Gasteiger partial charge in [0, 0.05) is 16.3 Å². The highest BCUT2D eigenvalue weighted by Gasteiger charge is 2.35. The second-order valence-electron chi connectivity index (χ2n) is 5.30. The van der Waals surface area contributed by atoms with Crippen molar-refractivity contribution in [3.8, 4) is 0 Å². The highest BCUT2D eigenvalue weighted by atomic mass is 35.5. The largest absolute Gasteiger partial charge is 0.435 e. The molecule has 1 atom stereocenters. The van der Waals surface area contributed by atoms with E-state index >= 15 is 0 Å². The molecule has 11 heteroatoms. The second kappa shape index (κ2) is 7.55. The molecule has 0 aliphatic heterocycles. The number of benzene rings is 1. The van der Waals surface area contributed by atoms with Gasteiger partial charge in [0.05, 0.1) is 5.02 Å². The minimum atomic E-state index is -4.62. The number of nitrogens with zero attached hydrogens (tertiary/aromatic N) is 3. The van der Waals surface area contributed by atoms with Gasteiger partial charge in [-0.2, -0.15) is 18.3 Å². The van der Waals surface area contributed by atoms with Crippen molar-refractivity contribution in [2.24, 2.45) is 10.9 Å². The molecule has 2 N–H and O–H groups in total. The first kappa shape index (κ1) is 20.1. The van der Waals surface area contributed by atoms with Crippen LogP contribution >= 0.6 is 23.2 Å². The first-order valence-electron chi connectivity index (χ1n) is 7.13. The Bertz CT molecular complexity index is 865. The highest BCUT2D eigenvalue weighted by Crippen LogP contribution is 2.29. The van der Waals surface area contributed by atoms with Gasteiger partial charge in [-0.1, -0.05) is 28.4 Å². The van der Waals surface area contributed by atoms with Crippen LogP contribution < -0.4 is 5.73 Å². The third-order valence-electron chi connectivity index (χ3n) is 3.36. The molecule has 0 fully saturated rings. The van der Waals surface area contributed by atoms with Crippen LogP contribution in [0.15, 0.2) is 29.4 Å². The van der Waals surface area contributed by atoms with Crippen molar-refractivity contribution in [1.82, 2.24) is 9.78 Å². The van der Waals surface area contributed by atoms with E-state index in [0.717, 1.165) is 10.7 Å². The van der Waals surface area contributed by atoms with Crippen LogP contribution in [0.3, 0.4) is 0 Å². The Hall–Kier alpha value is -2.26. The van der Waals surface area contributed by atoms with E-state index in [1.165, 1.54) is 32.0 Å². The smallest absolute Gasteiger partial charge is 0.380 e. The topological polar surface area (TPSA) is 82.5 Å². The van der Waals surface area contributed by atoms with Crippen LogP contribution in [-0.4, -0.2) is 21.6 Å². The van der Waals surface area contributed by atoms with Gasteiger partial charge in [0.1, 0.15) is 6.04 Å². The van der Waals surface area contributed by atoms with Gasteiger partial charge in [0.25, 0.3) is 0 Å². The summed E-state index contributed by atoms with van der Waals surface area (Å²) in [7, 11) is 0. The lowest BCUT2D eigenvalue weighted by atomic mass is 10.2. The molecule has 1 aromatic heterocycles. The van der Waals surface area contributed by atoms with Crippen LogP contribution in [0.4, 0.5) is 13.2 Å². The molecule has 140 valence electrons. The number of carbonyl (C=O) groups excluding carboxylic acids is 1. The van der Waals surface area contributed by atoms with Crippen LogP contribution in [0.1, 0.15) is 29.9 Å². The average Bonchev–Trinajstić information content (AvgIpc) is 2.93. The van der Waals surface area contributed by atoms with E-state index in [1.54, 1.807) is 0 Å². The molecule has 6 nitrogen and oxygen atoms in total. The molecular weight excluding hydrogens is 396 g/mol. The molecule has 26 heavy (non-hydrogen) atoms. The van der Waals surface area contributed by atoms with E-state index < -0.39 is 23.9 Å². The van der Waals surface area contributed by atoms with Crippen molar-refractivity contribution in [3.63, 3.8) is 0 Å². The lowest BCUT2D eigenvalue weighted by Crippen LogP contribution is -2.22. The molecule has 0 amide bonds. The van der Waals surface area contributed by atoms with E-state index in [2.05, 4.69) is 10.3 Å². The van der Waals surface area contributed by atoms with Crippen molar-refractivity contribution < 1.29 is 22.8 Å². The summed E-state index contributed by atoms with van der Waals surface area (Å²) in [6.07, 6.45) is -4.62. The highest BCUT2D eigenvalue weighted by molar-refractivity contribution is 6.36. The zero-order chi connectivity index (χ0) is 19.6. The van der Waals surface area contributed by atoms with Gasteiger partial charge in [-0.15, -0.1) is 0 Å². The van der Waals surface area contributed by atoms with Gasteiger partial charge in [0.15, 0.2) is 11.5 Å². The molecule has 0 aliphatic carbocycles. The van der Waals surface area contributed by atoms with Crippen LogP contribution in [-0.2, 0) is 15.8 Å². The van der Waals surface area contributed by atoms with Crippen molar-refractivity contribution in [3.05, 3.63) is 51.3 Å². The summed E-state index contributed by atoms with van der Waals surface area (Å²) in [6.45, 7) is 2.71.